The molecule has 0 aromatic heterocycles. The maximum absolute atomic E-state index is 12.4. The maximum atomic E-state index is 12.4. The summed E-state index contributed by atoms with van der Waals surface area (Å²) in [6, 6.07) is 15.8. The third kappa shape index (κ3) is 4.59. The van der Waals surface area contributed by atoms with Gasteiger partial charge in [-0.3, -0.25) is 4.79 Å². The van der Waals surface area contributed by atoms with Crippen molar-refractivity contribution in [2.45, 2.75) is 32.4 Å². The second-order valence-electron chi connectivity index (χ2n) is 6.32. The van der Waals surface area contributed by atoms with Crippen molar-refractivity contribution in [3.05, 3.63) is 65.2 Å². The standard InChI is InChI=1S/C20H24N2O2/c1-15-5-2-6-16(11-15)14-24-19-9-3-7-17(12-19)20(23)22-18-8-4-10-21-13-18/h2-3,5-7,9,11-12,18,21H,4,8,10,13-14H2,1H3,(H,22,23). The van der Waals surface area contributed by atoms with Gasteiger partial charge < -0.3 is 15.4 Å². The van der Waals surface area contributed by atoms with Gasteiger partial charge in [-0.15, -0.1) is 0 Å². The van der Waals surface area contributed by atoms with Gasteiger partial charge in [-0.1, -0.05) is 35.9 Å². The molecule has 126 valence electrons. The first-order valence-electron chi connectivity index (χ1n) is 8.51. The van der Waals surface area contributed by atoms with E-state index in [1.807, 2.05) is 30.3 Å². The van der Waals surface area contributed by atoms with E-state index in [2.05, 4.69) is 29.7 Å². The van der Waals surface area contributed by atoms with Gasteiger partial charge in [0.05, 0.1) is 0 Å². The highest BCUT2D eigenvalue weighted by atomic mass is 16.5. The maximum Gasteiger partial charge on any atom is 0.251 e. The van der Waals surface area contributed by atoms with Crippen molar-refractivity contribution in [3.8, 4) is 5.75 Å². The van der Waals surface area contributed by atoms with Crippen LogP contribution in [0.2, 0.25) is 0 Å². The average Bonchev–Trinajstić information content (AvgIpc) is 2.61. The molecule has 1 fully saturated rings. The van der Waals surface area contributed by atoms with Gasteiger partial charge in [-0.05, 0) is 50.1 Å². The number of rotatable bonds is 5. The van der Waals surface area contributed by atoms with E-state index in [1.165, 1.54) is 5.56 Å². The van der Waals surface area contributed by atoms with E-state index in [0.717, 1.165) is 31.5 Å². The first kappa shape index (κ1) is 16.5. The van der Waals surface area contributed by atoms with Crippen molar-refractivity contribution in [2.24, 2.45) is 0 Å². The van der Waals surface area contributed by atoms with Crippen LogP contribution in [-0.2, 0) is 6.61 Å². The Bertz CT molecular complexity index is 694. The van der Waals surface area contributed by atoms with Crippen LogP contribution >= 0.6 is 0 Å². The molecule has 1 aliphatic heterocycles. The lowest BCUT2D eigenvalue weighted by molar-refractivity contribution is 0.0930. The van der Waals surface area contributed by atoms with Crippen LogP contribution in [0, 0.1) is 6.92 Å². The number of aryl methyl sites for hydroxylation is 1. The molecule has 4 nitrogen and oxygen atoms in total. The molecule has 3 rings (SSSR count). The molecule has 1 amide bonds. The molecule has 1 heterocycles. The molecule has 1 atom stereocenters. The van der Waals surface area contributed by atoms with Crippen molar-refractivity contribution < 1.29 is 9.53 Å². The molecular weight excluding hydrogens is 300 g/mol. The highest BCUT2D eigenvalue weighted by molar-refractivity contribution is 5.94. The Morgan fingerprint density at radius 2 is 2.12 bits per heavy atom. The van der Waals surface area contributed by atoms with Gasteiger partial charge in [-0.2, -0.15) is 0 Å². The Labute approximate surface area is 143 Å². The highest BCUT2D eigenvalue weighted by Crippen LogP contribution is 2.16. The van der Waals surface area contributed by atoms with Crippen LogP contribution in [0.3, 0.4) is 0 Å². The zero-order chi connectivity index (χ0) is 16.8. The van der Waals surface area contributed by atoms with E-state index in [0.29, 0.717) is 17.9 Å². The number of benzene rings is 2. The number of hydrogen-bond acceptors (Lipinski definition) is 3. The Morgan fingerprint density at radius 3 is 2.92 bits per heavy atom. The monoisotopic (exact) mass is 324 g/mol. The van der Waals surface area contributed by atoms with Crippen molar-refractivity contribution in [2.75, 3.05) is 13.1 Å². The van der Waals surface area contributed by atoms with Crippen molar-refractivity contribution >= 4 is 5.91 Å². The van der Waals surface area contributed by atoms with E-state index >= 15 is 0 Å². The van der Waals surface area contributed by atoms with Gasteiger partial charge >= 0.3 is 0 Å². The molecule has 24 heavy (non-hydrogen) atoms. The fraction of sp³-hybridized carbons (Fsp3) is 0.350. The van der Waals surface area contributed by atoms with Gasteiger partial charge in [0.1, 0.15) is 12.4 Å². The Morgan fingerprint density at radius 1 is 1.25 bits per heavy atom. The Balaban J connectivity index is 1.59. The average molecular weight is 324 g/mol. The molecule has 0 spiro atoms. The van der Waals surface area contributed by atoms with Gasteiger partial charge in [0.15, 0.2) is 0 Å². The van der Waals surface area contributed by atoms with Crippen LogP contribution in [0.1, 0.15) is 34.3 Å². The van der Waals surface area contributed by atoms with E-state index in [9.17, 15) is 4.79 Å². The number of carbonyl (C=O) groups excluding carboxylic acids is 1. The Kier molecular flexibility index (Phi) is 5.49. The summed E-state index contributed by atoms with van der Waals surface area (Å²) < 4.78 is 5.84. The normalized spacial score (nSPS) is 17.3. The molecule has 2 N–H and O–H groups in total. The van der Waals surface area contributed by atoms with E-state index in [4.69, 9.17) is 4.74 Å². The fourth-order valence-electron chi connectivity index (χ4n) is 2.94. The van der Waals surface area contributed by atoms with Crippen molar-refractivity contribution in [1.29, 1.82) is 0 Å². The lowest BCUT2D eigenvalue weighted by Crippen LogP contribution is -2.45. The molecule has 0 aliphatic carbocycles. The third-order valence-electron chi connectivity index (χ3n) is 4.22. The number of amides is 1. The molecule has 1 saturated heterocycles. The second kappa shape index (κ2) is 7.97. The quantitative estimate of drug-likeness (QED) is 0.889. The number of hydrogen-bond donors (Lipinski definition) is 2. The van der Waals surface area contributed by atoms with E-state index in [-0.39, 0.29) is 11.9 Å². The predicted molar refractivity (Wildman–Crippen MR) is 95.3 cm³/mol. The van der Waals surface area contributed by atoms with Crippen LogP contribution in [0.15, 0.2) is 48.5 Å². The smallest absolute Gasteiger partial charge is 0.251 e. The first-order valence-corrected chi connectivity index (χ1v) is 8.51. The minimum Gasteiger partial charge on any atom is -0.489 e. The predicted octanol–water partition coefficient (Wildman–Crippen LogP) is 3.06. The number of ether oxygens (including phenoxy) is 1. The molecule has 2 aromatic rings. The summed E-state index contributed by atoms with van der Waals surface area (Å²) in [7, 11) is 0. The lowest BCUT2D eigenvalue weighted by Gasteiger charge is -2.23. The lowest BCUT2D eigenvalue weighted by atomic mass is 10.1. The fourth-order valence-corrected chi connectivity index (χ4v) is 2.94. The van der Waals surface area contributed by atoms with Crippen LogP contribution in [0.25, 0.3) is 0 Å². The van der Waals surface area contributed by atoms with Crippen molar-refractivity contribution in [1.82, 2.24) is 10.6 Å². The van der Waals surface area contributed by atoms with Crippen LogP contribution in [0.5, 0.6) is 5.75 Å². The second-order valence-corrected chi connectivity index (χ2v) is 6.32. The zero-order valence-corrected chi connectivity index (χ0v) is 14.0. The summed E-state index contributed by atoms with van der Waals surface area (Å²) in [6.07, 6.45) is 2.13. The molecule has 4 heteroatoms. The summed E-state index contributed by atoms with van der Waals surface area (Å²) in [5.74, 6) is 0.677. The van der Waals surface area contributed by atoms with Gasteiger partial charge in [0.2, 0.25) is 0 Å². The number of nitrogens with one attached hydrogen (secondary N) is 2. The summed E-state index contributed by atoms with van der Waals surface area (Å²) >= 11 is 0. The molecule has 1 unspecified atom stereocenters. The minimum absolute atomic E-state index is 0.0373. The number of piperidine rings is 1. The van der Waals surface area contributed by atoms with Gasteiger partial charge in [0.25, 0.3) is 5.91 Å². The zero-order valence-electron chi connectivity index (χ0n) is 14.0. The number of carbonyl (C=O) groups is 1. The summed E-state index contributed by atoms with van der Waals surface area (Å²) in [4.78, 5) is 12.4. The Hall–Kier alpha value is -2.33. The van der Waals surface area contributed by atoms with Crippen molar-refractivity contribution in [3.63, 3.8) is 0 Å². The molecule has 0 bridgehead atoms. The third-order valence-corrected chi connectivity index (χ3v) is 4.22. The SMILES string of the molecule is Cc1cccc(COc2cccc(C(=O)NC3CCCNC3)c2)c1. The van der Waals surface area contributed by atoms with Crippen LogP contribution in [0.4, 0.5) is 0 Å². The molecule has 0 saturated carbocycles. The molecular formula is C20H24N2O2. The summed E-state index contributed by atoms with van der Waals surface area (Å²) in [5, 5.41) is 6.39. The van der Waals surface area contributed by atoms with E-state index < -0.39 is 0 Å². The van der Waals surface area contributed by atoms with Gasteiger partial charge in [-0.25, -0.2) is 0 Å². The minimum atomic E-state index is -0.0373. The largest absolute Gasteiger partial charge is 0.489 e. The van der Waals surface area contributed by atoms with E-state index in [1.54, 1.807) is 6.07 Å². The molecule has 1 aliphatic rings. The molecule has 2 aromatic carbocycles. The highest BCUT2D eigenvalue weighted by Gasteiger charge is 2.16. The van der Waals surface area contributed by atoms with Gasteiger partial charge in [0, 0.05) is 18.2 Å². The summed E-state index contributed by atoms with van der Waals surface area (Å²) in [6.45, 7) is 4.44. The van der Waals surface area contributed by atoms with Crippen LogP contribution < -0.4 is 15.4 Å². The van der Waals surface area contributed by atoms with Crippen LogP contribution in [-0.4, -0.2) is 25.0 Å². The first-order chi connectivity index (χ1) is 11.7. The summed E-state index contributed by atoms with van der Waals surface area (Å²) in [5.41, 5.74) is 2.98. The topological polar surface area (TPSA) is 50.4 Å². The molecule has 0 radical (unpaired) electrons.